The highest BCUT2D eigenvalue weighted by Crippen LogP contribution is 2.22. The zero-order valence-electron chi connectivity index (χ0n) is 6.77. The number of hydrogen-bond acceptors (Lipinski definition) is 2. The van der Waals surface area contributed by atoms with Crippen molar-refractivity contribution < 1.29 is 0 Å². The zero-order valence-corrected chi connectivity index (χ0v) is 6.77. The van der Waals surface area contributed by atoms with Gasteiger partial charge in [0.1, 0.15) is 0 Å². The first-order chi connectivity index (χ1) is 4.86. The van der Waals surface area contributed by atoms with Crippen molar-refractivity contribution in [2.24, 2.45) is 11.7 Å². The SMILES string of the molecule is CNC1CCCC(CN)C1. The molecule has 10 heavy (non-hydrogen) atoms. The summed E-state index contributed by atoms with van der Waals surface area (Å²) in [4.78, 5) is 0. The third-order valence-corrected chi connectivity index (χ3v) is 2.52. The standard InChI is InChI=1S/C8H18N2/c1-10-8-4-2-3-7(5-8)6-9/h7-8,10H,2-6,9H2,1H3. The van der Waals surface area contributed by atoms with Gasteiger partial charge in [-0.3, -0.25) is 0 Å². The lowest BCUT2D eigenvalue weighted by atomic mass is 9.86. The molecule has 2 atom stereocenters. The van der Waals surface area contributed by atoms with Gasteiger partial charge in [0.25, 0.3) is 0 Å². The maximum atomic E-state index is 5.59. The van der Waals surface area contributed by atoms with Crippen LogP contribution >= 0.6 is 0 Å². The summed E-state index contributed by atoms with van der Waals surface area (Å²) in [5.74, 6) is 0.784. The molecular formula is C8H18N2. The van der Waals surface area contributed by atoms with Gasteiger partial charge in [0.15, 0.2) is 0 Å². The smallest absolute Gasteiger partial charge is 0.00671 e. The van der Waals surface area contributed by atoms with Gasteiger partial charge in [-0.15, -0.1) is 0 Å². The molecule has 2 nitrogen and oxygen atoms in total. The summed E-state index contributed by atoms with van der Waals surface area (Å²) in [5, 5.41) is 3.31. The topological polar surface area (TPSA) is 38.0 Å². The quantitative estimate of drug-likeness (QED) is 0.596. The molecule has 0 aromatic heterocycles. The van der Waals surface area contributed by atoms with Crippen molar-refractivity contribution in [3.05, 3.63) is 0 Å². The Balaban J connectivity index is 2.25. The first-order valence-electron chi connectivity index (χ1n) is 4.24. The third kappa shape index (κ3) is 1.96. The van der Waals surface area contributed by atoms with Crippen LogP contribution in [0.3, 0.4) is 0 Å². The van der Waals surface area contributed by atoms with Gasteiger partial charge < -0.3 is 11.1 Å². The average Bonchev–Trinajstić information content (AvgIpc) is 2.05. The number of nitrogens with two attached hydrogens (primary N) is 1. The van der Waals surface area contributed by atoms with Gasteiger partial charge in [0, 0.05) is 6.04 Å². The minimum Gasteiger partial charge on any atom is -0.330 e. The molecule has 0 aliphatic heterocycles. The van der Waals surface area contributed by atoms with Crippen molar-refractivity contribution in [2.45, 2.75) is 31.7 Å². The molecular weight excluding hydrogens is 124 g/mol. The van der Waals surface area contributed by atoms with Crippen LogP contribution in [-0.4, -0.2) is 19.6 Å². The lowest BCUT2D eigenvalue weighted by molar-refractivity contribution is 0.301. The van der Waals surface area contributed by atoms with Crippen molar-refractivity contribution in [3.63, 3.8) is 0 Å². The average molecular weight is 142 g/mol. The van der Waals surface area contributed by atoms with Crippen LogP contribution in [-0.2, 0) is 0 Å². The second kappa shape index (κ2) is 3.94. The van der Waals surface area contributed by atoms with Crippen LogP contribution in [0, 0.1) is 5.92 Å². The highest BCUT2D eigenvalue weighted by atomic mass is 14.9. The third-order valence-electron chi connectivity index (χ3n) is 2.52. The minimum atomic E-state index is 0.738. The molecule has 1 aliphatic rings. The normalized spacial score (nSPS) is 34.2. The van der Waals surface area contributed by atoms with E-state index < -0.39 is 0 Å². The molecule has 0 bridgehead atoms. The first kappa shape index (κ1) is 8.02. The van der Waals surface area contributed by atoms with E-state index in [1.54, 1.807) is 0 Å². The molecule has 0 amide bonds. The van der Waals surface area contributed by atoms with Crippen molar-refractivity contribution in [1.82, 2.24) is 5.32 Å². The molecule has 60 valence electrons. The number of hydrogen-bond donors (Lipinski definition) is 2. The molecule has 0 saturated heterocycles. The fourth-order valence-electron chi connectivity index (χ4n) is 1.77. The van der Waals surface area contributed by atoms with Crippen LogP contribution < -0.4 is 11.1 Å². The Kier molecular flexibility index (Phi) is 3.16. The Morgan fingerprint density at radius 1 is 1.50 bits per heavy atom. The second-order valence-electron chi connectivity index (χ2n) is 3.25. The molecule has 0 spiro atoms. The Bertz CT molecular complexity index is 83.3. The van der Waals surface area contributed by atoms with Gasteiger partial charge >= 0.3 is 0 Å². The fraction of sp³-hybridized carbons (Fsp3) is 1.00. The Labute approximate surface area is 63.2 Å². The van der Waals surface area contributed by atoms with E-state index in [1.165, 1.54) is 25.7 Å². The predicted octanol–water partition coefficient (Wildman–Crippen LogP) is 0.723. The Hall–Kier alpha value is -0.0800. The molecule has 1 fully saturated rings. The molecule has 3 N–H and O–H groups in total. The van der Waals surface area contributed by atoms with E-state index in [2.05, 4.69) is 5.32 Å². The maximum Gasteiger partial charge on any atom is 0.00671 e. The first-order valence-corrected chi connectivity index (χ1v) is 4.24. The van der Waals surface area contributed by atoms with E-state index in [9.17, 15) is 0 Å². The van der Waals surface area contributed by atoms with Gasteiger partial charge in [0.2, 0.25) is 0 Å². The van der Waals surface area contributed by atoms with Crippen LogP contribution in [0.15, 0.2) is 0 Å². The van der Waals surface area contributed by atoms with Crippen LogP contribution in [0.1, 0.15) is 25.7 Å². The molecule has 2 heteroatoms. The monoisotopic (exact) mass is 142 g/mol. The summed E-state index contributed by atoms with van der Waals surface area (Å²) < 4.78 is 0. The van der Waals surface area contributed by atoms with Gasteiger partial charge in [-0.25, -0.2) is 0 Å². The van der Waals surface area contributed by atoms with Gasteiger partial charge in [-0.2, -0.15) is 0 Å². The van der Waals surface area contributed by atoms with Gasteiger partial charge in [-0.05, 0) is 38.8 Å². The molecule has 2 unspecified atom stereocenters. The van der Waals surface area contributed by atoms with E-state index in [-0.39, 0.29) is 0 Å². The zero-order chi connectivity index (χ0) is 7.40. The van der Waals surface area contributed by atoms with E-state index in [0.717, 1.165) is 18.5 Å². The molecule has 0 aromatic rings. The highest BCUT2D eigenvalue weighted by molar-refractivity contribution is 4.76. The molecule has 0 heterocycles. The summed E-state index contributed by atoms with van der Waals surface area (Å²) in [6.07, 6.45) is 5.32. The van der Waals surface area contributed by atoms with Crippen LogP contribution in [0.4, 0.5) is 0 Å². The summed E-state index contributed by atoms with van der Waals surface area (Å²) in [6, 6.07) is 0.738. The minimum absolute atomic E-state index is 0.738. The summed E-state index contributed by atoms with van der Waals surface area (Å²) in [5.41, 5.74) is 5.59. The molecule has 0 radical (unpaired) electrons. The van der Waals surface area contributed by atoms with E-state index in [0.29, 0.717) is 0 Å². The van der Waals surface area contributed by atoms with Gasteiger partial charge in [0.05, 0.1) is 0 Å². The summed E-state index contributed by atoms with van der Waals surface area (Å²) in [6.45, 7) is 0.873. The lowest BCUT2D eigenvalue weighted by Gasteiger charge is -2.27. The van der Waals surface area contributed by atoms with E-state index in [4.69, 9.17) is 5.73 Å². The van der Waals surface area contributed by atoms with Crippen LogP contribution in [0.25, 0.3) is 0 Å². The Morgan fingerprint density at radius 3 is 2.90 bits per heavy atom. The predicted molar refractivity (Wildman–Crippen MR) is 43.9 cm³/mol. The van der Waals surface area contributed by atoms with Crippen molar-refractivity contribution in [2.75, 3.05) is 13.6 Å². The maximum absolute atomic E-state index is 5.59. The summed E-state index contributed by atoms with van der Waals surface area (Å²) >= 11 is 0. The van der Waals surface area contributed by atoms with Gasteiger partial charge in [-0.1, -0.05) is 6.42 Å². The highest BCUT2D eigenvalue weighted by Gasteiger charge is 2.18. The second-order valence-corrected chi connectivity index (χ2v) is 3.25. The lowest BCUT2D eigenvalue weighted by Crippen LogP contribution is -2.33. The van der Waals surface area contributed by atoms with Crippen molar-refractivity contribution in [1.29, 1.82) is 0 Å². The van der Waals surface area contributed by atoms with Crippen molar-refractivity contribution >= 4 is 0 Å². The Morgan fingerprint density at radius 2 is 2.30 bits per heavy atom. The van der Waals surface area contributed by atoms with Crippen molar-refractivity contribution in [3.8, 4) is 0 Å². The number of rotatable bonds is 2. The van der Waals surface area contributed by atoms with Crippen LogP contribution in [0.5, 0.6) is 0 Å². The largest absolute Gasteiger partial charge is 0.330 e. The molecule has 1 aliphatic carbocycles. The van der Waals surface area contributed by atoms with E-state index in [1.807, 2.05) is 7.05 Å². The fourth-order valence-corrected chi connectivity index (χ4v) is 1.77. The molecule has 1 rings (SSSR count). The van der Waals surface area contributed by atoms with E-state index >= 15 is 0 Å². The summed E-state index contributed by atoms with van der Waals surface area (Å²) in [7, 11) is 2.05. The molecule has 1 saturated carbocycles. The number of nitrogens with one attached hydrogen (secondary N) is 1. The molecule has 0 aromatic carbocycles. The van der Waals surface area contributed by atoms with Crippen LogP contribution in [0.2, 0.25) is 0 Å².